The summed E-state index contributed by atoms with van der Waals surface area (Å²) < 4.78 is 12.3. The first-order chi connectivity index (χ1) is 13.6. The third-order valence-electron chi connectivity index (χ3n) is 6.40. The van der Waals surface area contributed by atoms with Gasteiger partial charge in [-0.25, -0.2) is 0 Å². The fourth-order valence-corrected chi connectivity index (χ4v) is 4.51. The SMILES string of the molecule is C=C1OB(c2cc(C)c3ccc4cc(C(C)(C)C)cc5ccc2c3c45)OC1(C)C. The van der Waals surface area contributed by atoms with Gasteiger partial charge in [-0.15, -0.1) is 0 Å². The third kappa shape index (κ3) is 2.68. The molecule has 4 aromatic rings. The molecule has 4 aromatic carbocycles. The van der Waals surface area contributed by atoms with Crippen LogP contribution in [-0.2, 0) is 14.7 Å². The molecular formula is C26H27BO2. The van der Waals surface area contributed by atoms with Gasteiger partial charge in [0.25, 0.3) is 0 Å². The zero-order chi connectivity index (χ0) is 20.7. The van der Waals surface area contributed by atoms with Crippen LogP contribution in [0.4, 0.5) is 0 Å². The van der Waals surface area contributed by atoms with Gasteiger partial charge in [-0.1, -0.05) is 69.8 Å². The predicted octanol–water partition coefficient (Wildman–Crippen LogP) is 6.22. The highest BCUT2D eigenvalue weighted by molar-refractivity contribution is 6.66. The number of aryl methyl sites for hydroxylation is 1. The van der Waals surface area contributed by atoms with Gasteiger partial charge in [0.15, 0.2) is 0 Å². The Hall–Kier alpha value is -2.52. The highest BCUT2D eigenvalue weighted by Gasteiger charge is 2.43. The van der Waals surface area contributed by atoms with Crippen LogP contribution in [0.3, 0.4) is 0 Å². The van der Waals surface area contributed by atoms with E-state index in [0.29, 0.717) is 5.76 Å². The molecule has 0 amide bonds. The Morgan fingerprint density at radius 1 is 0.897 bits per heavy atom. The second kappa shape index (κ2) is 5.76. The van der Waals surface area contributed by atoms with Crippen molar-refractivity contribution in [2.45, 2.75) is 52.6 Å². The zero-order valence-electron chi connectivity index (χ0n) is 18.1. The Morgan fingerprint density at radius 3 is 2.07 bits per heavy atom. The highest BCUT2D eigenvalue weighted by Crippen LogP contribution is 2.39. The standard InChI is InChI=1S/C26H27BO2/c1-15-12-22(27-28-16(2)26(6,7)29-27)21-11-9-18-14-19(25(3,4)5)13-17-8-10-20(15)24(21)23(17)18/h8-14H,2H2,1,3-7H3. The lowest BCUT2D eigenvalue weighted by atomic mass is 9.73. The molecule has 1 aliphatic heterocycles. The maximum atomic E-state index is 6.23. The summed E-state index contributed by atoms with van der Waals surface area (Å²) in [6, 6.07) is 15.9. The second-order valence-electron chi connectivity index (χ2n) is 9.93. The van der Waals surface area contributed by atoms with E-state index in [4.69, 9.17) is 9.31 Å². The fraction of sp³-hybridized carbons (Fsp3) is 0.308. The van der Waals surface area contributed by atoms with Gasteiger partial charge in [-0.3, -0.25) is 0 Å². The molecule has 0 aliphatic carbocycles. The molecule has 1 fully saturated rings. The Labute approximate surface area is 173 Å². The summed E-state index contributed by atoms with van der Waals surface area (Å²) in [6.07, 6.45) is 0. The minimum Gasteiger partial charge on any atom is -0.534 e. The van der Waals surface area contributed by atoms with E-state index in [2.05, 4.69) is 76.7 Å². The van der Waals surface area contributed by atoms with E-state index in [1.807, 2.05) is 13.8 Å². The molecule has 3 heteroatoms. The van der Waals surface area contributed by atoms with Crippen LogP contribution in [0.25, 0.3) is 32.3 Å². The maximum absolute atomic E-state index is 6.23. The van der Waals surface area contributed by atoms with Gasteiger partial charge in [0.1, 0.15) is 5.60 Å². The zero-order valence-corrected chi connectivity index (χ0v) is 18.1. The second-order valence-corrected chi connectivity index (χ2v) is 9.93. The molecule has 0 atom stereocenters. The van der Waals surface area contributed by atoms with Crippen LogP contribution >= 0.6 is 0 Å². The number of hydrogen-bond donors (Lipinski definition) is 0. The fourth-order valence-electron chi connectivity index (χ4n) is 4.51. The normalized spacial score (nSPS) is 17.0. The molecule has 1 aliphatic rings. The van der Waals surface area contributed by atoms with Crippen LogP contribution in [0, 0.1) is 6.92 Å². The number of rotatable bonds is 1. The lowest BCUT2D eigenvalue weighted by Crippen LogP contribution is -2.35. The molecule has 0 radical (unpaired) electrons. The van der Waals surface area contributed by atoms with Crippen LogP contribution in [0.1, 0.15) is 45.7 Å². The van der Waals surface area contributed by atoms with Crippen molar-refractivity contribution in [2.75, 3.05) is 0 Å². The van der Waals surface area contributed by atoms with Crippen LogP contribution in [0.5, 0.6) is 0 Å². The predicted molar refractivity (Wildman–Crippen MR) is 124 cm³/mol. The van der Waals surface area contributed by atoms with Gasteiger partial charge in [0.05, 0.1) is 5.76 Å². The molecule has 146 valence electrons. The summed E-state index contributed by atoms with van der Waals surface area (Å²) in [7, 11) is -0.425. The number of benzene rings is 4. The van der Waals surface area contributed by atoms with E-state index in [1.54, 1.807) is 0 Å². The Bertz CT molecular complexity index is 1270. The summed E-state index contributed by atoms with van der Waals surface area (Å²) in [6.45, 7) is 17.0. The van der Waals surface area contributed by atoms with Crippen molar-refractivity contribution in [3.63, 3.8) is 0 Å². The summed E-state index contributed by atoms with van der Waals surface area (Å²) in [5, 5.41) is 7.70. The molecule has 2 nitrogen and oxygen atoms in total. The Morgan fingerprint density at radius 2 is 1.52 bits per heavy atom. The van der Waals surface area contributed by atoms with Gasteiger partial charge >= 0.3 is 7.12 Å². The van der Waals surface area contributed by atoms with Gasteiger partial charge in [0, 0.05) is 5.46 Å². The van der Waals surface area contributed by atoms with Gasteiger partial charge in [-0.2, -0.15) is 0 Å². The van der Waals surface area contributed by atoms with Crippen molar-refractivity contribution in [3.8, 4) is 0 Å². The van der Waals surface area contributed by atoms with E-state index in [9.17, 15) is 0 Å². The minimum absolute atomic E-state index is 0.114. The highest BCUT2D eigenvalue weighted by atomic mass is 16.7. The summed E-state index contributed by atoms with van der Waals surface area (Å²) in [4.78, 5) is 0. The minimum atomic E-state index is -0.482. The van der Waals surface area contributed by atoms with Gasteiger partial charge in [0.2, 0.25) is 0 Å². The molecule has 0 aromatic heterocycles. The van der Waals surface area contributed by atoms with E-state index in [0.717, 1.165) is 5.46 Å². The molecule has 0 N–H and O–H groups in total. The first-order valence-corrected chi connectivity index (χ1v) is 10.3. The summed E-state index contributed by atoms with van der Waals surface area (Å²) in [5.41, 5.74) is 3.31. The molecular weight excluding hydrogens is 355 g/mol. The lowest BCUT2D eigenvalue weighted by Gasteiger charge is -2.22. The first kappa shape index (κ1) is 18.5. The smallest absolute Gasteiger partial charge is 0.534 e. The van der Waals surface area contributed by atoms with Crippen molar-refractivity contribution in [1.29, 1.82) is 0 Å². The monoisotopic (exact) mass is 382 g/mol. The average Bonchev–Trinajstić information content (AvgIpc) is 2.92. The van der Waals surface area contributed by atoms with E-state index in [-0.39, 0.29) is 5.41 Å². The topological polar surface area (TPSA) is 18.5 Å². The lowest BCUT2D eigenvalue weighted by molar-refractivity contribution is 0.173. The van der Waals surface area contributed by atoms with Crippen LogP contribution in [0.2, 0.25) is 0 Å². The van der Waals surface area contributed by atoms with Crippen molar-refractivity contribution in [2.24, 2.45) is 0 Å². The molecule has 0 bridgehead atoms. The molecule has 0 saturated carbocycles. The van der Waals surface area contributed by atoms with Gasteiger partial charge < -0.3 is 9.31 Å². The molecule has 1 saturated heterocycles. The molecule has 1 heterocycles. The van der Waals surface area contributed by atoms with Crippen LogP contribution < -0.4 is 5.46 Å². The quantitative estimate of drug-likeness (QED) is 0.287. The van der Waals surface area contributed by atoms with E-state index < -0.39 is 12.7 Å². The third-order valence-corrected chi connectivity index (χ3v) is 6.40. The molecule has 0 unspecified atom stereocenters. The Balaban J connectivity index is 1.84. The van der Waals surface area contributed by atoms with Crippen molar-refractivity contribution < 1.29 is 9.31 Å². The van der Waals surface area contributed by atoms with Gasteiger partial charge in [-0.05, 0) is 69.6 Å². The summed E-state index contributed by atoms with van der Waals surface area (Å²) in [5.74, 6) is 0.681. The van der Waals surface area contributed by atoms with Crippen molar-refractivity contribution in [1.82, 2.24) is 0 Å². The Kier molecular flexibility index (Phi) is 3.68. The van der Waals surface area contributed by atoms with Crippen LogP contribution in [-0.4, -0.2) is 12.7 Å². The molecule has 29 heavy (non-hydrogen) atoms. The van der Waals surface area contributed by atoms with Crippen LogP contribution in [0.15, 0.2) is 54.8 Å². The van der Waals surface area contributed by atoms with Crippen molar-refractivity contribution in [3.05, 3.63) is 65.9 Å². The number of hydrogen-bond acceptors (Lipinski definition) is 2. The first-order valence-electron chi connectivity index (χ1n) is 10.3. The van der Waals surface area contributed by atoms with Crippen molar-refractivity contribution >= 4 is 44.9 Å². The van der Waals surface area contributed by atoms with E-state index in [1.165, 1.54) is 43.4 Å². The summed E-state index contributed by atoms with van der Waals surface area (Å²) >= 11 is 0. The average molecular weight is 382 g/mol. The molecule has 5 rings (SSSR count). The van der Waals surface area contributed by atoms with E-state index >= 15 is 0 Å². The largest absolute Gasteiger partial charge is 0.564 e. The molecule has 0 spiro atoms. The maximum Gasteiger partial charge on any atom is 0.564 e.